The van der Waals surface area contributed by atoms with E-state index in [1.165, 1.54) is 12.1 Å². The van der Waals surface area contributed by atoms with Gasteiger partial charge in [0.2, 0.25) is 0 Å². The van der Waals surface area contributed by atoms with Gasteiger partial charge >= 0.3 is 0 Å². The first-order chi connectivity index (χ1) is 7.75. The van der Waals surface area contributed by atoms with Crippen molar-refractivity contribution in [3.8, 4) is 0 Å². The second-order valence-corrected chi connectivity index (χ2v) is 5.43. The minimum absolute atomic E-state index is 0.0884. The molecule has 0 aliphatic carbocycles. The van der Waals surface area contributed by atoms with Gasteiger partial charge in [-0.2, -0.15) is 0 Å². The highest BCUT2D eigenvalue weighted by atomic mass is 32.2. The average Bonchev–Trinajstić information content (AvgIpc) is 2.80. The Hall–Kier alpha value is -0.910. The third-order valence-corrected chi connectivity index (χ3v) is 4.18. The SMILES string of the molecule is NC(CSc1nccs1)c1ccc(F)cc1. The van der Waals surface area contributed by atoms with Crippen molar-refractivity contribution < 1.29 is 4.39 Å². The van der Waals surface area contributed by atoms with Gasteiger partial charge in [0.05, 0.1) is 0 Å². The lowest BCUT2D eigenvalue weighted by Crippen LogP contribution is -2.12. The lowest BCUT2D eigenvalue weighted by Gasteiger charge is -2.10. The van der Waals surface area contributed by atoms with Crippen LogP contribution in [0.1, 0.15) is 11.6 Å². The minimum Gasteiger partial charge on any atom is -0.323 e. The molecule has 2 aromatic rings. The van der Waals surface area contributed by atoms with Gasteiger partial charge in [-0.3, -0.25) is 0 Å². The van der Waals surface area contributed by atoms with Crippen LogP contribution in [0.3, 0.4) is 0 Å². The lowest BCUT2D eigenvalue weighted by molar-refractivity contribution is 0.626. The molecule has 1 atom stereocenters. The van der Waals surface area contributed by atoms with Gasteiger partial charge in [-0.1, -0.05) is 23.9 Å². The number of thioether (sulfide) groups is 1. The molecule has 0 saturated heterocycles. The molecule has 0 bridgehead atoms. The van der Waals surface area contributed by atoms with Crippen molar-refractivity contribution in [2.75, 3.05) is 5.75 Å². The summed E-state index contributed by atoms with van der Waals surface area (Å²) in [5.74, 6) is 0.516. The number of aromatic nitrogens is 1. The number of nitrogens with zero attached hydrogens (tertiary/aromatic N) is 1. The van der Waals surface area contributed by atoms with Gasteiger partial charge < -0.3 is 5.73 Å². The first-order valence-electron chi connectivity index (χ1n) is 4.79. The summed E-state index contributed by atoms with van der Waals surface area (Å²) in [5, 5.41) is 1.94. The van der Waals surface area contributed by atoms with Crippen molar-refractivity contribution in [1.29, 1.82) is 0 Å². The predicted molar refractivity (Wildman–Crippen MR) is 66.2 cm³/mol. The van der Waals surface area contributed by atoms with E-state index in [1.54, 1.807) is 41.4 Å². The Labute approximate surface area is 102 Å². The Morgan fingerprint density at radius 1 is 1.38 bits per heavy atom. The number of hydrogen-bond donors (Lipinski definition) is 1. The molecule has 5 heteroatoms. The van der Waals surface area contributed by atoms with E-state index >= 15 is 0 Å². The molecule has 1 aromatic carbocycles. The highest BCUT2D eigenvalue weighted by Gasteiger charge is 2.07. The monoisotopic (exact) mass is 254 g/mol. The molecule has 0 spiro atoms. The van der Waals surface area contributed by atoms with Crippen molar-refractivity contribution in [3.63, 3.8) is 0 Å². The number of nitrogens with two attached hydrogens (primary N) is 1. The molecule has 2 rings (SSSR count). The van der Waals surface area contributed by atoms with Crippen LogP contribution in [0.4, 0.5) is 4.39 Å². The Morgan fingerprint density at radius 2 is 2.12 bits per heavy atom. The van der Waals surface area contributed by atoms with Gasteiger partial charge in [0, 0.05) is 23.4 Å². The van der Waals surface area contributed by atoms with Crippen LogP contribution in [0.15, 0.2) is 40.2 Å². The molecular weight excluding hydrogens is 243 g/mol. The van der Waals surface area contributed by atoms with Gasteiger partial charge in [0.1, 0.15) is 10.2 Å². The van der Waals surface area contributed by atoms with Crippen LogP contribution >= 0.6 is 23.1 Å². The van der Waals surface area contributed by atoms with E-state index in [2.05, 4.69) is 4.98 Å². The fourth-order valence-electron chi connectivity index (χ4n) is 1.25. The molecule has 0 fully saturated rings. The predicted octanol–water partition coefficient (Wildman–Crippen LogP) is 3.07. The van der Waals surface area contributed by atoms with Crippen molar-refractivity contribution in [3.05, 3.63) is 47.2 Å². The molecule has 2 N–H and O–H groups in total. The molecule has 84 valence electrons. The van der Waals surface area contributed by atoms with E-state index in [9.17, 15) is 4.39 Å². The maximum Gasteiger partial charge on any atom is 0.149 e. The van der Waals surface area contributed by atoms with E-state index in [-0.39, 0.29) is 11.9 Å². The van der Waals surface area contributed by atoms with E-state index < -0.39 is 0 Å². The average molecular weight is 254 g/mol. The number of hydrogen-bond acceptors (Lipinski definition) is 4. The zero-order valence-corrected chi connectivity index (χ0v) is 10.1. The van der Waals surface area contributed by atoms with E-state index in [0.29, 0.717) is 0 Å². The summed E-state index contributed by atoms with van der Waals surface area (Å²) in [5.41, 5.74) is 6.94. The zero-order chi connectivity index (χ0) is 11.4. The molecule has 1 unspecified atom stereocenters. The highest BCUT2D eigenvalue weighted by molar-refractivity contribution is 8.01. The third-order valence-electron chi connectivity index (χ3n) is 2.09. The summed E-state index contributed by atoms with van der Waals surface area (Å²) >= 11 is 3.22. The van der Waals surface area contributed by atoms with Crippen LogP contribution in [0.5, 0.6) is 0 Å². The lowest BCUT2D eigenvalue weighted by atomic mass is 10.1. The maximum absolute atomic E-state index is 12.7. The zero-order valence-electron chi connectivity index (χ0n) is 8.47. The number of halogens is 1. The van der Waals surface area contributed by atoms with Crippen LogP contribution < -0.4 is 5.73 Å². The molecule has 1 heterocycles. The van der Waals surface area contributed by atoms with Crippen LogP contribution in [-0.2, 0) is 0 Å². The van der Waals surface area contributed by atoms with Gasteiger partial charge in [-0.05, 0) is 17.7 Å². The highest BCUT2D eigenvalue weighted by Crippen LogP contribution is 2.24. The van der Waals surface area contributed by atoms with Gasteiger partial charge in [-0.15, -0.1) is 11.3 Å². The van der Waals surface area contributed by atoms with Crippen LogP contribution in [0.25, 0.3) is 0 Å². The number of thiazole rings is 1. The summed E-state index contributed by atoms with van der Waals surface area (Å²) < 4.78 is 13.7. The van der Waals surface area contributed by atoms with Crippen LogP contribution in [0.2, 0.25) is 0 Å². The van der Waals surface area contributed by atoms with Crippen molar-refractivity contribution in [2.24, 2.45) is 5.73 Å². The summed E-state index contributed by atoms with van der Waals surface area (Å²) in [6, 6.07) is 6.23. The van der Waals surface area contributed by atoms with Crippen LogP contribution in [-0.4, -0.2) is 10.7 Å². The van der Waals surface area contributed by atoms with Crippen molar-refractivity contribution in [2.45, 2.75) is 10.4 Å². The quantitative estimate of drug-likeness (QED) is 0.852. The Bertz CT molecular complexity index is 428. The third kappa shape index (κ3) is 3.04. The maximum atomic E-state index is 12.7. The van der Waals surface area contributed by atoms with E-state index in [1.807, 2.05) is 5.38 Å². The normalized spacial score (nSPS) is 12.6. The molecule has 0 aliphatic rings. The second kappa shape index (κ2) is 5.43. The van der Waals surface area contributed by atoms with Crippen molar-refractivity contribution in [1.82, 2.24) is 4.98 Å². The molecule has 16 heavy (non-hydrogen) atoms. The van der Waals surface area contributed by atoms with Crippen LogP contribution in [0, 0.1) is 5.82 Å². The first kappa shape index (κ1) is 11.6. The molecule has 0 radical (unpaired) electrons. The Morgan fingerprint density at radius 3 is 2.75 bits per heavy atom. The standard InChI is InChI=1S/C11H11FN2S2/c12-9-3-1-8(2-4-9)10(13)7-16-11-14-5-6-15-11/h1-6,10H,7,13H2. The summed E-state index contributed by atoms with van der Waals surface area (Å²) in [6.45, 7) is 0. The number of rotatable bonds is 4. The van der Waals surface area contributed by atoms with Gasteiger partial charge in [0.25, 0.3) is 0 Å². The first-order valence-corrected chi connectivity index (χ1v) is 6.65. The summed E-state index contributed by atoms with van der Waals surface area (Å²) in [4.78, 5) is 4.16. The molecular formula is C11H11FN2S2. The van der Waals surface area contributed by atoms with Gasteiger partial charge in [-0.25, -0.2) is 9.37 Å². The number of benzene rings is 1. The fraction of sp³-hybridized carbons (Fsp3) is 0.182. The molecule has 0 amide bonds. The fourth-order valence-corrected chi connectivity index (χ4v) is 2.90. The topological polar surface area (TPSA) is 38.9 Å². The second-order valence-electron chi connectivity index (χ2n) is 3.27. The largest absolute Gasteiger partial charge is 0.323 e. The molecule has 0 saturated carbocycles. The van der Waals surface area contributed by atoms with Crippen molar-refractivity contribution >= 4 is 23.1 Å². The Kier molecular flexibility index (Phi) is 3.93. The molecule has 2 nitrogen and oxygen atoms in total. The van der Waals surface area contributed by atoms with E-state index in [4.69, 9.17) is 5.73 Å². The van der Waals surface area contributed by atoms with Gasteiger partial charge in [0.15, 0.2) is 0 Å². The smallest absolute Gasteiger partial charge is 0.149 e. The van der Waals surface area contributed by atoms with E-state index in [0.717, 1.165) is 15.7 Å². The Balaban J connectivity index is 1.93. The minimum atomic E-state index is -0.233. The molecule has 1 aromatic heterocycles. The summed E-state index contributed by atoms with van der Waals surface area (Å²) in [6.07, 6.45) is 1.77. The molecule has 0 aliphatic heterocycles. The summed E-state index contributed by atoms with van der Waals surface area (Å²) in [7, 11) is 0.